The van der Waals surface area contributed by atoms with Gasteiger partial charge in [0.2, 0.25) is 10.0 Å². The Hall–Kier alpha value is -4.43. The molecule has 0 saturated heterocycles. The van der Waals surface area contributed by atoms with Crippen LogP contribution in [-0.4, -0.2) is 51.2 Å². The second kappa shape index (κ2) is 9.55. The predicted molar refractivity (Wildman–Crippen MR) is 127 cm³/mol. The summed E-state index contributed by atoms with van der Waals surface area (Å²) in [5.41, 5.74) is 1.34. The fourth-order valence-electron chi connectivity index (χ4n) is 3.91. The van der Waals surface area contributed by atoms with E-state index in [1.807, 2.05) is 0 Å². The van der Waals surface area contributed by atoms with Crippen molar-refractivity contribution in [3.8, 4) is 0 Å². The lowest BCUT2D eigenvalue weighted by Crippen LogP contribution is -2.36. The fraction of sp³-hybridized carbons (Fsp3) is 0.130. The van der Waals surface area contributed by atoms with Gasteiger partial charge in [-0.15, -0.1) is 0 Å². The van der Waals surface area contributed by atoms with Crippen LogP contribution in [0.3, 0.4) is 0 Å². The number of anilines is 2. The number of H-pyrrole nitrogens is 2. The van der Waals surface area contributed by atoms with Gasteiger partial charge in [0.25, 0.3) is 11.8 Å². The fourth-order valence-corrected chi connectivity index (χ4v) is 5.37. The maximum atomic E-state index is 13.7. The molecule has 0 fully saturated rings. The molecule has 0 aliphatic carbocycles. The lowest BCUT2D eigenvalue weighted by Gasteiger charge is -2.26. The van der Waals surface area contributed by atoms with Crippen LogP contribution in [0.2, 0.25) is 0 Å². The Bertz CT molecular complexity index is 1580. The first-order valence-corrected chi connectivity index (χ1v) is 12.4. The third-order valence-corrected chi connectivity index (χ3v) is 7.55. The lowest BCUT2D eigenvalue weighted by molar-refractivity contribution is 0.102. The van der Waals surface area contributed by atoms with E-state index in [9.17, 15) is 26.8 Å². The minimum atomic E-state index is -4.23. The number of halogens is 2. The van der Waals surface area contributed by atoms with Crippen LogP contribution in [0.15, 0.2) is 59.8 Å². The largest absolute Gasteiger partial charge is 0.357 e. The van der Waals surface area contributed by atoms with Gasteiger partial charge in [0, 0.05) is 49.2 Å². The molecule has 0 radical (unpaired) electrons. The first-order valence-electron chi connectivity index (χ1n) is 11.0. The van der Waals surface area contributed by atoms with E-state index >= 15 is 0 Å². The summed E-state index contributed by atoms with van der Waals surface area (Å²) in [5.74, 6) is -3.07. The number of hydrogen-bond donors (Lipinski definition) is 4. The van der Waals surface area contributed by atoms with Crippen LogP contribution in [-0.2, 0) is 23.0 Å². The molecular formula is C23H19F2N7O4S. The minimum absolute atomic E-state index is 0.0151. The molecule has 1 aromatic carbocycles. The number of fused-ring (bicyclic) bond motifs is 1. The van der Waals surface area contributed by atoms with Gasteiger partial charge >= 0.3 is 0 Å². The van der Waals surface area contributed by atoms with E-state index < -0.39 is 38.4 Å². The first-order chi connectivity index (χ1) is 17.7. The van der Waals surface area contributed by atoms with Gasteiger partial charge in [-0.2, -0.15) is 9.40 Å². The third kappa shape index (κ3) is 4.83. The normalized spacial score (nSPS) is 13.7. The summed E-state index contributed by atoms with van der Waals surface area (Å²) in [6.45, 7) is -0.147. The molecule has 1 aliphatic rings. The summed E-state index contributed by atoms with van der Waals surface area (Å²) in [6.07, 6.45) is 3.23. The number of aromatic amines is 2. The Kier molecular flexibility index (Phi) is 6.27. The van der Waals surface area contributed by atoms with Crippen molar-refractivity contribution in [2.24, 2.45) is 0 Å². The van der Waals surface area contributed by atoms with Crippen LogP contribution >= 0.6 is 0 Å². The quantitative estimate of drug-likeness (QED) is 0.302. The number of carbonyl (C=O) groups excluding carboxylic acids is 2. The van der Waals surface area contributed by atoms with E-state index in [-0.39, 0.29) is 42.4 Å². The lowest BCUT2D eigenvalue weighted by atomic mass is 10.1. The van der Waals surface area contributed by atoms with Crippen molar-refractivity contribution in [1.29, 1.82) is 0 Å². The molecule has 37 heavy (non-hydrogen) atoms. The first kappa shape index (κ1) is 24.3. The second-order valence-corrected chi connectivity index (χ2v) is 10.1. The van der Waals surface area contributed by atoms with Crippen LogP contribution < -0.4 is 10.6 Å². The number of aromatic nitrogens is 4. The molecule has 5 rings (SSSR count). The topological polar surface area (TPSA) is 153 Å². The highest BCUT2D eigenvalue weighted by Gasteiger charge is 2.32. The molecular weight excluding hydrogens is 508 g/mol. The monoisotopic (exact) mass is 527 g/mol. The Morgan fingerprint density at radius 2 is 1.76 bits per heavy atom. The van der Waals surface area contributed by atoms with Crippen molar-refractivity contribution < 1.29 is 26.8 Å². The average molecular weight is 528 g/mol. The molecule has 0 atom stereocenters. The zero-order valence-corrected chi connectivity index (χ0v) is 19.8. The Balaban J connectivity index is 1.37. The van der Waals surface area contributed by atoms with E-state index in [1.54, 1.807) is 18.3 Å². The average Bonchev–Trinajstić information content (AvgIpc) is 3.54. The van der Waals surface area contributed by atoms with E-state index in [2.05, 4.69) is 30.8 Å². The summed E-state index contributed by atoms with van der Waals surface area (Å²) < 4.78 is 54.5. The SMILES string of the molecule is O=C(Nc1ncccc1C(=O)Nc1n[nH]c2c1CN(S(=O)(=O)c1cc(F)cc(F)c1)CC2)c1ccc[nH]1. The zero-order valence-electron chi connectivity index (χ0n) is 19.0. The van der Waals surface area contributed by atoms with Gasteiger partial charge in [-0.3, -0.25) is 14.7 Å². The standard InChI is InChI=1S/C23H19F2N7O4S/c24-13-9-14(25)11-15(10-13)37(35,36)32-8-5-18-17(12-32)21(31-30-18)29-22(33)16-3-1-7-27-20(16)28-23(34)19-4-2-6-26-19/h1-4,6-7,9-11,26H,5,8,12H2,(H,27,28,34)(H2,29,30,31,33). The summed E-state index contributed by atoms with van der Waals surface area (Å²) in [4.78, 5) is 31.8. The maximum Gasteiger partial charge on any atom is 0.273 e. The number of hydrogen-bond acceptors (Lipinski definition) is 6. The van der Waals surface area contributed by atoms with E-state index in [1.165, 1.54) is 18.3 Å². The van der Waals surface area contributed by atoms with Crippen LogP contribution in [0.1, 0.15) is 32.1 Å². The summed E-state index contributed by atoms with van der Waals surface area (Å²) in [6, 6.07) is 8.27. The van der Waals surface area contributed by atoms with Gasteiger partial charge in [-0.1, -0.05) is 0 Å². The van der Waals surface area contributed by atoms with E-state index in [4.69, 9.17) is 0 Å². The van der Waals surface area contributed by atoms with Crippen LogP contribution in [0.25, 0.3) is 0 Å². The van der Waals surface area contributed by atoms with Gasteiger partial charge in [0.15, 0.2) is 5.82 Å². The van der Waals surface area contributed by atoms with Crippen molar-refractivity contribution in [1.82, 2.24) is 24.5 Å². The van der Waals surface area contributed by atoms with Gasteiger partial charge in [-0.05, 0) is 36.4 Å². The highest BCUT2D eigenvalue weighted by atomic mass is 32.2. The molecule has 190 valence electrons. The number of carbonyl (C=O) groups is 2. The molecule has 4 N–H and O–H groups in total. The molecule has 0 spiro atoms. The van der Waals surface area contributed by atoms with Crippen LogP contribution in [0.4, 0.5) is 20.4 Å². The number of nitrogens with one attached hydrogen (secondary N) is 4. The highest BCUT2D eigenvalue weighted by Crippen LogP contribution is 2.29. The molecule has 4 aromatic rings. The molecule has 1 aliphatic heterocycles. The molecule has 3 aromatic heterocycles. The number of pyridine rings is 1. The van der Waals surface area contributed by atoms with Crippen molar-refractivity contribution in [3.63, 3.8) is 0 Å². The molecule has 2 amide bonds. The van der Waals surface area contributed by atoms with Crippen molar-refractivity contribution in [3.05, 3.63) is 89.0 Å². The second-order valence-electron chi connectivity index (χ2n) is 8.11. The van der Waals surface area contributed by atoms with Crippen molar-refractivity contribution in [2.45, 2.75) is 17.9 Å². The number of rotatable bonds is 6. The number of sulfonamides is 1. The minimum Gasteiger partial charge on any atom is -0.357 e. The van der Waals surface area contributed by atoms with Crippen LogP contribution in [0.5, 0.6) is 0 Å². The third-order valence-electron chi connectivity index (χ3n) is 5.73. The van der Waals surface area contributed by atoms with Crippen molar-refractivity contribution >= 4 is 33.5 Å². The molecule has 0 bridgehead atoms. The van der Waals surface area contributed by atoms with Crippen molar-refractivity contribution in [2.75, 3.05) is 17.2 Å². The zero-order chi connectivity index (χ0) is 26.2. The Labute approximate surface area is 209 Å². The molecule has 4 heterocycles. The highest BCUT2D eigenvalue weighted by molar-refractivity contribution is 7.89. The number of amides is 2. The number of benzene rings is 1. The maximum absolute atomic E-state index is 13.7. The predicted octanol–water partition coefficient (Wildman–Crippen LogP) is 2.66. The van der Waals surface area contributed by atoms with E-state index in [0.29, 0.717) is 17.3 Å². The molecule has 11 nitrogen and oxygen atoms in total. The van der Waals surface area contributed by atoms with Gasteiger partial charge < -0.3 is 15.6 Å². The van der Waals surface area contributed by atoms with Gasteiger partial charge in [-0.25, -0.2) is 22.2 Å². The van der Waals surface area contributed by atoms with E-state index in [0.717, 1.165) is 16.4 Å². The molecule has 0 unspecified atom stereocenters. The van der Waals surface area contributed by atoms with Gasteiger partial charge in [0.05, 0.1) is 10.5 Å². The summed E-state index contributed by atoms with van der Waals surface area (Å²) in [5, 5.41) is 12.1. The smallest absolute Gasteiger partial charge is 0.273 e. The van der Waals surface area contributed by atoms with Gasteiger partial charge in [0.1, 0.15) is 23.1 Å². The molecule has 0 saturated carbocycles. The Morgan fingerprint density at radius 3 is 2.49 bits per heavy atom. The summed E-state index contributed by atoms with van der Waals surface area (Å²) >= 11 is 0. The Morgan fingerprint density at radius 1 is 1.00 bits per heavy atom. The van der Waals surface area contributed by atoms with Crippen LogP contribution in [0, 0.1) is 11.6 Å². The molecule has 14 heteroatoms. The number of nitrogens with zero attached hydrogens (tertiary/aromatic N) is 3. The summed E-state index contributed by atoms with van der Waals surface area (Å²) in [7, 11) is -4.23.